The molecule has 2 fully saturated rings. The van der Waals surface area contributed by atoms with Crippen LogP contribution in [-0.2, 0) is 9.59 Å². The molecule has 0 spiro atoms. The van der Waals surface area contributed by atoms with E-state index in [1.807, 2.05) is 0 Å². The fraction of sp³-hybridized carbons (Fsp3) is 0.471. The van der Waals surface area contributed by atoms with Crippen LogP contribution in [0.25, 0.3) is 10.2 Å². The van der Waals surface area contributed by atoms with E-state index < -0.39 is 17.7 Å². The number of nitrogens with zero attached hydrogens (tertiary/aromatic N) is 2. The van der Waals surface area contributed by atoms with Crippen molar-refractivity contribution >= 4 is 33.4 Å². The van der Waals surface area contributed by atoms with Crippen LogP contribution in [0.15, 0.2) is 12.1 Å². The maximum Gasteiger partial charge on any atom is 0.274 e. The number of ether oxygens (including phenoxy) is 1. The van der Waals surface area contributed by atoms with Gasteiger partial charge in [0.1, 0.15) is 23.5 Å². The van der Waals surface area contributed by atoms with E-state index in [0.29, 0.717) is 48.7 Å². The molecule has 0 saturated carbocycles. The van der Waals surface area contributed by atoms with Gasteiger partial charge in [-0.3, -0.25) is 9.59 Å². The second-order valence-corrected chi connectivity index (χ2v) is 7.51. The van der Waals surface area contributed by atoms with Gasteiger partial charge in [0.15, 0.2) is 5.82 Å². The summed E-state index contributed by atoms with van der Waals surface area (Å²) in [4.78, 5) is 29.5. The van der Waals surface area contributed by atoms with Gasteiger partial charge in [-0.05, 0) is 12.5 Å². The molecule has 138 valence electrons. The van der Waals surface area contributed by atoms with Crippen LogP contribution in [-0.4, -0.2) is 46.9 Å². The highest BCUT2D eigenvalue weighted by atomic mass is 32.1. The highest BCUT2D eigenvalue weighted by Crippen LogP contribution is 2.32. The van der Waals surface area contributed by atoms with Gasteiger partial charge < -0.3 is 15.0 Å². The third kappa shape index (κ3) is 3.35. The SMILES string of the molecule is O=C1CCC(C(=O)N2CCC(Oc3nc4c(F)cc(F)cc4s3)CC2)N1. The van der Waals surface area contributed by atoms with Gasteiger partial charge in [0.2, 0.25) is 11.8 Å². The molecule has 1 unspecified atom stereocenters. The fourth-order valence-electron chi connectivity index (χ4n) is 3.34. The van der Waals surface area contributed by atoms with Crippen LogP contribution < -0.4 is 10.1 Å². The first kappa shape index (κ1) is 17.1. The minimum Gasteiger partial charge on any atom is -0.467 e. The number of carbonyl (C=O) groups excluding carboxylic acids is 2. The zero-order valence-corrected chi connectivity index (χ0v) is 14.7. The fourth-order valence-corrected chi connectivity index (χ4v) is 4.26. The Kier molecular flexibility index (Phi) is 4.47. The predicted molar refractivity (Wildman–Crippen MR) is 90.9 cm³/mol. The lowest BCUT2D eigenvalue weighted by molar-refractivity contribution is -0.136. The van der Waals surface area contributed by atoms with E-state index in [4.69, 9.17) is 4.74 Å². The number of benzene rings is 1. The molecule has 6 nitrogen and oxygen atoms in total. The van der Waals surface area contributed by atoms with Crippen LogP contribution in [0.3, 0.4) is 0 Å². The number of halogens is 2. The summed E-state index contributed by atoms with van der Waals surface area (Å²) in [5.74, 6) is -1.48. The summed E-state index contributed by atoms with van der Waals surface area (Å²) in [6.07, 6.45) is 2.05. The first-order chi connectivity index (χ1) is 12.5. The highest BCUT2D eigenvalue weighted by Gasteiger charge is 2.33. The average Bonchev–Trinajstić information content (AvgIpc) is 3.21. The Labute approximate surface area is 152 Å². The standard InChI is InChI=1S/C17H17F2N3O3S/c18-9-7-11(19)15-13(8-9)26-17(21-15)25-10-3-5-22(6-4-10)16(24)12-1-2-14(23)20-12/h7-8,10,12H,1-6H2,(H,20,23). The zero-order chi connectivity index (χ0) is 18.3. The quantitative estimate of drug-likeness (QED) is 0.885. The molecule has 0 bridgehead atoms. The molecule has 9 heteroatoms. The number of nitrogens with one attached hydrogen (secondary N) is 1. The van der Waals surface area contributed by atoms with Crippen molar-refractivity contribution in [1.82, 2.24) is 15.2 Å². The van der Waals surface area contributed by atoms with E-state index in [1.165, 1.54) is 6.07 Å². The van der Waals surface area contributed by atoms with Crippen molar-refractivity contribution in [2.75, 3.05) is 13.1 Å². The largest absolute Gasteiger partial charge is 0.467 e. The summed E-state index contributed by atoms with van der Waals surface area (Å²) in [6.45, 7) is 1.06. The maximum atomic E-state index is 13.7. The lowest BCUT2D eigenvalue weighted by Gasteiger charge is -2.33. The molecule has 0 radical (unpaired) electrons. The van der Waals surface area contributed by atoms with Crippen molar-refractivity contribution in [1.29, 1.82) is 0 Å². The van der Waals surface area contributed by atoms with E-state index in [2.05, 4.69) is 10.3 Å². The molecule has 4 rings (SSSR count). The second kappa shape index (κ2) is 6.79. The summed E-state index contributed by atoms with van der Waals surface area (Å²) in [5.41, 5.74) is 0.107. The molecule has 3 heterocycles. The van der Waals surface area contributed by atoms with Gasteiger partial charge in [-0.25, -0.2) is 8.78 Å². The first-order valence-electron chi connectivity index (χ1n) is 8.50. The number of fused-ring (bicyclic) bond motifs is 1. The Morgan fingerprint density at radius 3 is 2.73 bits per heavy atom. The van der Waals surface area contributed by atoms with E-state index >= 15 is 0 Å². The summed E-state index contributed by atoms with van der Waals surface area (Å²) in [6, 6.07) is 1.62. The Morgan fingerprint density at radius 1 is 1.27 bits per heavy atom. The molecule has 1 N–H and O–H groups in total. The summed E-state index contributed by atoms with van der Waals surface area (Å²) < 4.78 is 33.2. The van der Waals surface area contributed by atoms with E-state index in [9.17, 15) is 18.4 Å². The number of aromatic nitrogens is 1. The van der Waals surface area contributed by atoms with Crippen molar-refractivity contribution in [3.63, 3.8) is 0 Å². The molecular formula is C17H17F2N3O3S. The van der Waals surface area contributed by atoms with Gasteiger partial charge in [0.25, 0.3) is 5.19 Å². The minimum absolute atomic E-state index is 0.0492. The van der Waals surface area contributed by atoms with Crippen molar-refractivity contribution in [3.05, 3.63) is 23.8 Å². The summed E-state index contributed by atoms with van der Waals surface area (Å²) in [7, 11) is 0. The van der Waals surface area contributed by atoms with Crippen molar-refractivity contribution in [3.8, 4) is 5.19 Å². The van der Waals surface area contributed by atoms with Crippen LogP contribution in [0.2, 0.25) is 0 Å². The highest BCUT2D eigenvalue weighted by molar-refractivity contribution is 7.20. The van der Waals surface area contributed by atoms with Gasteiger partial charge >= 0.3 is 0 Å². The van der Waals surface area contributed by atoms with Gasteiger partial charge in [0, 0.05) is 38.4 Å². The van der Waals surface area contributed by atoms with Crippen LogP contribution >= 0.6 is 11.3 Å². The molecule has 1 aromatic heterocycles. The van der Waals surface area contributed by atoms with Crippen LogP contribution in [0, 0.1) is 11.6 Å². The van der Waals surface area contributed by atoms with Crippen LogP contribution in [0.1, 0.15) is 25.7 Å². The van der Waals surface area contributed by atoms with E-state index in [1.54, 1.807) is 4.90 Å². The molecule has 1 aromatic carbocycles. The van der Waals surface area contributed by atoms with Crippen molar-refractivity contribution < 1.29 is 23.1 Å². The van der Waals surface area contributed by atoms with Crippen molar-refractivity contribution in [2.24, 2.45) is 0 Å². The number of rotatable bonds is 3. The van der Waals surface area contributed by atoms with Crippen LogP contribution in [0.5, 0.6) is 5.19 Å². The number of likely N-dealkylation sites (tertiary alicyclic amines) is 1. The lowest BCUT2D eigenvalue weighted by Crippen LogP contribution is -2.49. The third-order valence-electron chi connectivity index (χ3n) is 4.71. The number of thiazole rings is 1. The predicted octanol–water partition coefficient (Wildman–Crippen LogP) is 2.22. The minimum atomic E-state index is -0.704. The molecule has 1 atom stereocenters. The van der Waals surface area contributed by atoms with Crippen LogP contribution in [0.4, 0.5) is 8.78 Å². The van der Waals surface area contributed by atoms with Gasteiger partial charge in [-0.1, -0.05) is 11.3 Å². The lowest BCUT2D eigenvalue weighted by atomic mass is 10.1. The zero-order valence-electron chi connectivity index (χ0n) is 13.8. The summed E-state index contributed by atoms with van der Waals surface area (Å²) >= 11 is 1.11. The molecule has 2 saturated heterocycles. The Morgan fingerprint density at radius 2 is 2.04 bits per heavy atom. The average molecular weight is 381 g/mol. The normalized spacial score (nSPS) is 21.2. The molecular weight excluding hydrogens is 364 g/mol. The second-order valence-electron chi connectivity index (χ2n) is 6.52. The van der Waals surface area contributed by atoms with E-state index in [0.717, 1.165) is 17.4 Å². The first-order valence-corrected chi connectivity index (χ1v) is 9.31. The number of hydrogen-bond acceptors (Lipinski definition) is 5. The smallest absolute Gasteiger partial charge is 0.274 e. The topological polar surface area (TPSA) is 71.5 Å². The van der Waals surface area contributed by atoms with Gasteiger partial charge in [-0.2, -0.15) is 4.98 Å². The number of hydrogen-bond donors (Lipinski definition) is 1. The molecule has 26 heavy (non-hydrogen) atoms. The number of amides is 2. The monoisotopic (exact) mass is 381 g/mol. The molecule has 2 aromatic rings. The Bertz CT molecular complexity index is 864. The summed E-state index contributed by atoms with van der Waals surface area (Å²) in [5, 5.41) is 2.99. The number of carbonyl (C=O) groups is 2. The maximum absolute atomic E-state index is 13.7. The van der Waals surface area contributed by atoms with Gasteiger partial charge in [0.05, 0.1) is 4.70 Å². The molecule has 2 aliphatic rings. The van der Waals surface area contributed by atoms with Gasteiger partial charge in [-0.15, -0.1) is 0 Å². The van der Waals surface area contributed by atoms with E-state index in [-0.39, 0.29) is 23.4 Å². The number of piperidine rings is 1. The Hall–Kier alpha value is -2.29. The molecule has 0 aliphatic carbocycles. The van der Waals surface area contributed by atoms with Crippen molar-refractivity contribution in [2.45, 2.75) is 37.8 Å². The third-order valence-corrected chi connectivity index (χ3v) is 5.60. The molecule has 2 amide bonds. The molecule has 2 aliphatic heterocycles. The Balaban J connectivity index is 1.36.